The van der Waals surface area contributed by atoms with Crippen molar-refractivity contribution in [2.75, 3.05) is 17.7 Å². The van der Waals surface area contributed by atoms with Crippen molar-refractivity contribution in [2.24, 2.45) is 0 Å². The number of anilines is 2. The van der Waals surface area contributed by atoms with Crippen LogP contribution in [0.5, 0.6) is 5.75 Å². The second kappa shape index (κ2) is 4.93. The van der Waals surface area contributed by atoms with Crippen molar-refractivity contribution in [3.63, 3.8) is 0 Å². The molecule has 6 heteroatoms. The first-order valence-corrected chi connectivity index (χ1v) is 5.47. The Hall–Kier alpha value is -2.63. The first kappa shape index (κ1) is 12.8. The fraction of sp³-hybridized carbons (Fsp3) is 0.0769. The SMILES string of the molecule is CN(C(=O)c1c(O)cccc1F)c1ccncc1N. The Labute approximate surface area is 109 Å². The van der Waals surface area contributed by atoms with Gasteiger partial charge >= 0.3 is 0 Å². The second-order valence-electron chi connectivity index (χ2n) is 3.93. The van der Waals surface area contributed by atoms with Gasteiger partial charge in [0.15, 0.2) is 0 Å². The summed E-state index contributed by atoms with van der Waals surface area (Å²) in [5, 5.41) is 9.60. The monoisotopic (exact) mass is 261 g/mol. The maximum Gasteiger partial charge on any atom is 0.264 e. The molecule has 1 heterocycles. The van der Waals surface area contributed by atoms with Gasteiger partial charge in [-0.3, -0.25) is 9.78 Å². The van der Waals surface area contributed by atoms with Crippen LogP contribution in [0.15, 0.2) is 36.7 Å². The van der Waals surface area contributed by atoms with Crippen LogP contribution in [0.25, 0.3) is 0 Å². The molecule has 5 nitrogen and oxygen atoms in total. The van der Waals surface area contributed by atoms with Crippen molar-refractivity contribution in [1.29, 1.82) is 0 Å². The highest BCUT2D eigenvalue weighted by atomic mass is 19.1. The van der Waals surface area contributed by atoms with Gasteiger partial charge in [0.05, 0.1) is 17.6 Å². The molecule has 0 radical (unpaired) electrons. The first-order valence-electron chi connectivity index (χ1n) is 5.47. The number of aromatic nitrogens is 1. The van der Waals surface area contributed by atoms with Crippen molar-refractivity contribution >= 4 is 17.3 Å². The maximum absolute atomic E-state index is 13.6. The van der Waals surface area contributed by atoms with E-state index < -0.39 is 17.5 Å². The van der Waals surface area contributed by atoms with Crippen LogP contribution in [0.4, 0.5) is 15.8 Å². The van der Waals surface area contributed by atoms with Crippen LogP contribution in [0.1, 0.15) is 10.4 Å². The number of amides is 1. The number of phenols is 1. The summed E-state index contributed by atoms with van der Waals surface area (Å²) < 4.78 is 13.6. The van der Waals surface area contributed by atoms with Crippen molar-refractivity contribution in [2.45, 2.75) is 0 Å². The van der Waals surface area contributed by atoms with Gasteiger partial charge < -0.3 is 15.7 Å². The minimum absolute atomic E-state index is 0.286. The predicted molar refractivity (Wildman–Crippen MR) is 69.4 cm³/mol. The van der Waals surface area contributed by atoms with Gasteiger partial charge in [-0.25, -0.2) is 4.39 Å². The van der Waals surface area contributed by atoms with E-state index in [1.165, 1.54) is 37.6 Å². The summed E-state index contributed by atoms with van der Waals surface area (Å²) in [6.45, 7) is 0. The van der Waals surface area contributed by atoms with E-state index in [1.807, 2.05) is 0 Å². The lowest BCUT2D eigenvalue weighted by Crippen LogP contribution is -2.28. The molecule has 2 aromatic rings. The van der Waals surface area contributed by atoms with Gasteiger partial charge in [0, 0.05) is 13.2 Å². The van der Waals surface area contributed by atoms with Crippen LogP contribution in [0.3, 0.4) is 0 Å². The third kappa shape index (κ3) is 2.33. The molecule has 0 saturated carbocycles. The molecule has 1 amide bonds. The number of benzene rings is 1. The standard InChI is InChI=1S/C13H12FN3O2/c1-17(10-5-6-16-7-9(10)15)13(19)12-8(14)3-2-4-11(12)18/h2-7,18H,15H2,1H3. The number of nitrogens with zero attached hydrogens (tertiary/aromatic N) is 2. The third-order valence-corrected chi connectivity index (χ3v) is 2.70. The Morgan fingerprint density at radius 3 is 2.79 bits per heavy atom. The largest absolute Gasteiger partial charge is 0.507 e. The first-order chi connectivity index (χ1) is 9.02. The molecule has 1 aromatic heterocycles. The van der Waals surface area contributed by atoms with Crippen molar-refractivity contribution < 1.29 is 14.3 Å². The molecule has 0 atom stereocenters. The van der Waals surface area contributed by atoms with Crippen molar-refractivity contribution in [3.8, 4) is 5.75 Å². The van der Waals surface area contributed by atoms with Crippen LogP contribution in [-0.4, -0.2) is 23.0 Å². The number of hydrogen-bond acceptors (Lipinski definition) is 4. The highest BCUT2D eigenvalue weighted by Crippen LogP contribution is 2.26. The maximum atomic E-state index is 13.6. The lowest BCUT2D eigenvalue weighted by atomic mass is 10.1. The average molecular weight is 261 g/mol. The predicted octanol–water partition coefficient (Wildman–Crippen LogP) is 1.79. The van der Waals surface area contributed by atoms with Crippen LogP contribution in [0, 0.1) is 5.82 Å². The van der Waals surface area contributed by atoms with Crippen LogP contribution in [0.2, 0.25) is 0 Å². The molecular weight excluding hydrogens is 249 g/mol. The lowest BCUT2D eigenvalue weighted by molar-refractivity contribution is 0.0986. The lowest BCUT2D eigenvalue weighted by Gasteiger charge is -2.19. The molecule has 0 bridgehead atoms. The minimum Gasteiger partial charge on any atom is -0.507 e. The van der Waals surface area contributed by atoms with Gasteiger partial charge in [-0.05, 0) is 18.2 Å². The summed E-state index contributed by atoms with van der Waals surface area (Å²) in [6, 6.07) is 5.21. The number of hydrogen-bond donors (Lipinski definition) is 2. The van der Waals surface area contributed by atoms with Crippen LogP contribution in [-0.2, 0) is 0 Å². The number of pyridine rings is 1. The van der Waals surface area contributed by atoms with E-state index in [2.05, 4.69) is 4.98 Å². The number of carbonyl (C=O) groups is 1. The quantitative estimate of drug-likeness (QED) is 0.863. The Morgan fingerprint density at radius 1 is 1.42 bits per heavy atom. The van der Waals surface area contributed by atoms with Crippen LogP contribution < -0.4 is 10.6 Å². The van der Waals surface area contributed by atoms with Gasteiger partial charge in [0.2, 0.25) is 0 Å². The van der Waals surface area contributed by atoms with E-state index in [-0.39, 0.29) is 11.3 Å². The number of rotatable bonds is 2. The van der Waals surface area contributed by atoms with E-state index >= 15 is 0 Å². The third-order valence-electron chi connectivity index (χ3n) is 2.70. The van der Waals surface area contributed by atoms with E-state index in [9.17, 15) is 14.3 Å². The molecule has 0 saturated heterocycles. The molecule has 19 heavy (non-hydrogen) atoms. The van der Waals surface area contributed by atoms with Gasteiger partial charge in [0.25, 0.3) is 5.91 Å². The molecular formula is C13H12FN3O2. The Kier molecular flexibility index (Phi) is 3.33. The number of aromatic hydroxyl groups is 1. The van der Waals surface area contributed by atoms with Gasteiger partial charge in [-0.2, -0.15) is 0 Å². The second-order valence-corrected chi connectivity index (χ2v) is 3.93. The summed E-state index contributed by atoms with van der Waals surface area (Å²) in [6.07, 6.45) is 2.86. The molecule has 0 aliphatic carbocycles. The van der Waals surface area contributed by atoms with Crippen LogP contribution >= 0.6 is 0 Å². The number of nitrogen functional groups attached to an aromatic ring is 1. The molecule has 0 unspecified atom stereocenters. The smallest absolute Gasteiger partial charge is 0.264 e. The van der Waals surface area contributed by atoms with Gasteiger partial charge in [-0.15, -0.1) is 0 Å². The van der Waals surface area contributed by atoms with Gasteiger partial charge in [0.1, 0.15) is 17.1 Å². The van der Waals surface area contributed by atoms with Crippen molar-refractivity contribution in [1.82, 2.24) is 4.98 Å². The molecule has 2 rings (SSSR count). The molecule has 0 aliphatic rings. The Bertz CT molecular complexity index is 611. The summed E-state index contributed by atoms with van der Waals surface area (Å²) in [5.41, 5.74) is 5.99. The van der Waals surface area contributed by atoms with E-state index in [0.717, 1.165) is 11.0 Å². The molecule has 1 aromatic carbocycles. The summed E-state index contributed by atoms with van der Waals surface area (Å²) in [5.74, 6) is -1.89. The highest BCUT2D eigenvalue weighted by molar-refractivity contribution is 6.08. The van der Waals surface area contributed by atoms with Gasteiger partial charge in [-0.1, -0.05) is 6.07 Å². The fourth-order valence-corrected chi connectivity index (χ4v) is 1.71. The summed E-state index contributed by atoms with van der Waals surface area (Å²) in [7, 11) is 1.44. The molecule has 3 N–H and O–H groups in total. The zero-order chi connectivity index (χ0) is 14.0. The van der Waals surface area contributed by atoms with E-state index in [1.54, 1.807) is 0 Å². The summed E-state index contributed by atoms with van der Waals surface area (Å²) >= 11 is 0. The fourth-order valence-electron chi connectivity index (χ4n) is 1.71. The van der Waals surface area contributed by atoms with E-state index in [0.29, 0.717) is 5.69 Å². The average Bonchev–Trinajstić information content (AvgIpc) is 2.38. The zero-order valence-corrected chi connectivity index (χ0v) is 10.2. The number of phenolic OH excluding ortho intramolecular Hbond substituents is 1. The molecule has 98 valence electrons. The molecule has 0 spiro atoms. The number of halogens is 1. The topological polar surface area (TPSA) is 79.5 Å². The minimum atomic E-state index is -0.788. The van der Waals surface area contributed by atoms with E-state index in [4.69, 9.17) is 5.73 Å². The number of nitrogens with two attached hydrogens (primary N) is 1. The zero-order valence-electron chi connectivity index (χ0n) is 10.2. The highest BCUT2D eigenvalue weighted by Gasteiger charge is 2.22. The Balaban J connectivity index is 2.43. The Morgan fingerprint density at radius 2 is 2.16 bits per heavy atom. The molecule has 0 fully saturated rings. The van der Waals surface area contributed by atoms with Crippen molar-refractivity contribution in [3.05, 3.63) is 48.0 Å². The summed E-state index contributed by atoms with van der Waals surface area (Å²) in [4.78, 5) is 17.2. The number of carbonyl (C=O) groups excluding carboxylic acids is 1. The molecule has 0 aliphatic heterocycles. The normalized spacial score (nSPS) is 10.2.